The number of carbonyl (C=O) groups is 1. The fourth-order valence-corrected chi connectivity index (χ4v) is 5.07. The van der Waals surface area contributed by atoms with E-state index >= 15 is 0 Å². The van der Waals surface area contributed by atoms with Crippen molar-refractivity contribution in [1.29, 1.82) is 0 Å². The van der Waals surface area contributed by atoms with Crippen molar-refractivity contribution in [3.05, 3.63) is 55.9 Å². The Morgan fingerprint density at radius 2 is 1.74 bits per heavy atom. The smallest absolute Gasteiger partial charge is 0.438 e. The number of benzene rings is 1. The number of halogens is 9. The summed E-state index contributed by atoms with van der Waals surface area (Å²) in [5.41, 5.74) is -8.53. The van der Waals surface area contributed by atoms with Gasteiger partial charge in [0.25, 0.3) is 5.60 Å². The first kappa shape index (κ1) is 26.2. The number of alkyl halides is 6. The molecule has 1 N–H and O–H groups in total. The summed E-state index contributed by atoms with van der Waals surface area (Å²) >= 11 is 17.9. The summed E-state index contributed by atoms with van der Waals surface area (Å²) in [7, 11) is 0. The monoisotopic (exact) mass is 564 g/mol. The molecule has 5 nitrogen and oxygen atoms in total. The standard InChI is InChI=1S/C21H17Cl3F6N2O3/c1-2-14(33)31-8-11-7-18(20(25,26)27,10-5-12(22)15(24)13(23)6-10)17-16(32-3-4-34-9-32)19(11,35-17)21(28,29)30/h5-7H,2-4,8-9H2,1H3,(H,31,33). The molecule has 14 heteroatoms. The van der Waals surface area contributed by atoms with Crippen molar-refractivity contribution in [2.75, 3.05) is 26.4 Å². The maximum atomic E-state index is 14.9. The number of hydrogen-bond acceptors (Lipinski definition) is 4. The van der Waals surface area contributed by atoms with Crippen LogP contribution in [0.25, 0.3) is 0 Å². The minimum absolute atomic E-state index is 0.00789. The highest BCUT2D eigenvalue weighted by Gasteiger charge is 2.78. The second-order valence-electron chi connectivity index (χ2n) is 8.12. The van der Waals surface area contributed by atoms with Crippen LogP contribution in [0.2, 0.25) is 15.1 Å². The average molecular weight is 566 g/mol. The highest BCUT2D eigenvalue weighted by atomic mass is 35.5. The van der Waals surface area contributed by atoms with Crippen molar-refractivity contribution in [2.24, 2.45) is 0 Å². The van der Waals surface area contributed by atoms with Crippen molar-refractivity contribution in [2.45, 2.75) is 36.7 Å². The van der Waals surface area contributed by atoms with Crippen LogP contribution in [0.1, 0.15) is 18.9 Å². The van der Waals surface area contributed by atoms with Crippen molar-refractivity contribution in [3.8, 4) is 0 Å². The number of allylic oxidation sites excluding steroid dienone is 1. The van der Waals surface area contributed by atoms with Gasteiger partial charge in [0.1, 0.15) is 18.2 Å². The first-order valence-electron chi connectivity index (χ1n) is 10.2. The Hall–Kier alpha value is -1.82. The van der Waals surface area contributed by atoms with Crippen molar-refractivity contribution >= 4 is 40.7 Å². The molecule has 0 aromatic heterocycles. The first-order valence-corrected chi connectivity index (χ1v) is 11.4. The lowest BCUT2D eigenvalue weighted by atomic mass is 9.63. The van der Waals surface area contributed by atoms with E-state index in [1.807, 2.05) is 0 Å². The second kappa shape index (κ2) is 8.64. The molecule has 192 valence electrons. The van der Waals surface area contributed by atoms with E-state index in [0.717, 1.165) is 17.0 Å². The van der Waals surface area contributed by atoms with Gasteiger partial charge in [-0.25, -0.2) is 0 Å². The molecule has 2 bridgehead atoms. The molecule has 2 atom stereocenters. The van der Waals surface area contributed by atoms with Crippen LogP contribution in [0.15, 0.2) is 35.2 Å². The molecule has 1 aromatic carbocycles. The predicted molar refractivity (Wildman–Crippen MR) is 115 cm³/mol. The number of hydrogen-bond donors (Lipinski definition) is 1. The number of rotatable bonds is 5. The summed E-state index contributed by atoms with van der Waals surface area (Å²) in [6, 6.07) is 1.77. The minimum Gasteiger partial charge on any atom is -0.467 e. The van der Waals surface area contributed by atoms with Crippen LogP contribution >= 0.6 is 34.8 Å². The molecule has 1 saturated heterocycles. The van der Waals surface area contributed by atoms with Gasteiger partial charge >= 0.3 is 12.4 Å². The van der Waals surface area contributed by atoms with E-state index < -0.39 is 58.4 Å². The molecule has 0 spiro atoms. The Labute approximate surface area is 210 Å². The maximum Gasteiger partial charge on any atom is 0.438 e. The Balaban J connectivity index is 2.04. The third kappa shape index (κ3) is 3.77. The van der Waals surface area contributed by atoms with Crippen LogP contribution in [-0.2, 0) is 19.7 Å². The maximum absolute atomic E-state index is 14.9. The molecule has 0 radical (unpaired) electrons. The second-order valence-corrected chi connectivity index (χ2v) is 9.31. The highest BCUT2D eigenvalue weighted by Crippen LogP contribution is 2.66. The molecular formula is C21H17Cl3F6N2O3. The Morgan fingerprint density at radius 3 is 2.23 bits per heavy atom. The zero-order valence-corrected chi connectivity index (χ0v) is 20.1. The van der Waals surface area contributed by atoms with Gasteiger partial charge in [-0.05, 0) is 17.7 Å². The summed E-state index contributed by atoms with van der Waals surface area (Å²) in [6.45, 7) is 0.153. The molecule has 3 heterocycles. The normalized spacial score (nSPS) is 26.3. The minimum atomic E-state index is -5.20. The molecule has 1 aromatic rings. The highest BCUT2D eigenvalue weighted by molar-refractivity contribution is 6.48. The summed E-state index contributed by atoms with van der Waals surface area (Å²) in [5, 5.41) is 1.36. The van der Waals surface area contributed by atoms with Gasteiger partial charge in [0.2, 0.25) is 5.91 Å². The summed E-state index contributed by atoms with van der Waals surface area (Å²) in [6.07, 6.45) is -10.0. The molecular weight excluding hydrogens is 549 g/mol. The van der Waals surface area contributed by atoms with Gasteiger partial charge in [0, 0.05) is 25.1 Å². The molecule has 35 heavy (non-hydrogen) atoms. The van der Waals surface area contributed by atoms with E-state index in [-0.39, 0.29) is 41.4 Å². The SMILES string of the molecule is CCC(=O)NCC1=CC(c2cc(Cl)c(Cl)c(Cl)c2)(C(F)(F)F)C2=C(N3CCOC3)C1(C(F)(F)F)O2. The van der Waals surface area contributed by atoms with Crippen LogP contribution in [0.5, 0.6) is 0 Å². The van der Waals surface area contributed by atoms with Gasteiger partial charge in [0.05, 0.1) is 21.7 Å². The van der Waals surface area contributed by atoms with E-state index in [9.17, 15) is 31.1 Å². The number of fused-ring (bicyclic) bond motifs is 1. The van der Waals surface area contributed by atoms with Crippen LogP contribution in [0, 0.1) is 0 Å². The largest absolute Gasteiger partial charge is 0.467 e. The fourth-order valence-electron chi connectivity index (χ4n) is 4.47. The van der Waals surface area contributed by atoms with Gasteiger partial charge in [-0.1, -0.05) is 47.8 Å². The van der Waals surface area contributed by atoms with E-state index in [2.05, 4.69) is 5.32 Å². The number of ether oxygens (including phenoxy) is 2. The van der Waals surface area contributed by atoms with E-state index in [0.29, 0.717) is 6.08 Å². The van der Waals surface area contributed by atoms with Gasteiger partial charge < -0.3 is 19.7 Å². The van der Waals surface area contributed by atoms with Crippen molar-refractivity contribution < 1.29 is 40.6 Å². The van der Waals surface area contributed by atoms with Gasteiger partial charge in [-0.15, -0.1) is 0 Å². The van der Waals surface area contributed by atoms with Crippen molar-refractivity contribution in [3.63, 3.8) is 0 Å². The van der Waals surface area contributed by atoms with Crippen molar-refractivity contribution in [1.82, 2.24) is 10.2 Å². The summed E-state index contributed by atoms with van der Waals surface area (Å²) in [5.74, 6) is -1.62. The number of nitrogens with zero attached hydrogens (tertiary/aromatic N) is 1. The van der Waals surface area contributed by atoms with Crippen LogP contribution < -0.4 is 5.32 Å². The lowest BCUT2D eigenvalue weighted by Crippen LogP contribution is -2.69. The molecule has 1 aliphatic carbocycles. The molecule has 5 rings (SSSR count). The fraction of sp³-hybridized carbons (Fsp3) is 0.476. The Morgan fingerprint density at radius 1 is 1.11 bits per heavy atom. The first-order chi connectivity index (χ1) is 16.2. The van der Waals surface area contributed by atoms with Gasteiger partial charge in [-0.3, -0.25) is 4.79 Å². The molecule has 1 amide bonds. The Bertz CT molecular complexity index is 1110. The van der Waals surface area contributed by atoms with E-state index in [1.54, 1.807) is 0 Å². The number of amides is 1. The van der Waals surface area contributed by atoms with Crippen LogP contribution in [0.3, 0.4) is 0 Å². The Kier molecular flexibility index (Phi) is 6.48. The van der Waals surface area contributed by atoms with E-state index in [4.69, 9.17) is 44.3 Å². The lowest BCUT2D eigenvalue weighted by molar-refractivity contribution is -0.285. The average Bonchev–Trinajstić information content (AvgIpc) is 3.26. The quantitative estimate of drug-likeness (QED) is 0.281. The van der Waals surface area contributed by atoms with Gasteiger partial charge in [-0.2, -0.15) is 26.3 Å². The molecule has 0 saturated carbocycles. The van der Waals surface area contributed by atoms with Gasteiger partial charge in [0.15, 0.2) is 5.41 Å². The van der Waals surface area contributed by atoms with Crippen LogP contribution in [0.4, 0.5) is 26.3 Å². The summed E-state index contributed by atoms with van der Waals surface area (Å²) in [4.78, 5) is 12.9. The third-order valence-corrected chi connectivity index (χ3v) is 7.35. The third-order valence-electron chi connectivity index (χ3n) is 6.16. The molecule has 2 unspecified atom stereocenters. The number of nitrogens with one attached hydrogen (secondary N) is 1. The van der Waals surface area contributed by atoms with Crippen LogP contribution in [-0.4, -0.2) is 55.2 Å². The topological polar surface area (TPSA) is 50.8 Å². The zero-order chi connectivity index (χ0) is 26.0. The predicted octanol–water partition coefficient (Wildman–Crippen LogP) is 5.75. The summed E-state index contributed by atoms with van der Waals surface area (Å²) < 4.78 is 98.7. The number of carbonyl (C=O) groups excluding carboxylic acids is 1. The molecule has 3 aliphatic heterocycles. The zero-order valence-electron chi connectivity index (χ0n) is 17.8. The molecule has 4 aliphatic rings. The van der Waals surface area contributed by atoms with E-state index in [1.165, 1.54) is 6.92 Å². The lowest BCUT2D eigenvalue weighted by Gasteiger charge is -2.58. The molecule has 1 fully saturated rings.